The van der Waals surface area contributed by atoms with E-state index in [1.165, 1.54) is 57.8 Å². The third-order valence-corrected chi connectivity index (χ3v) is 4.92. The molecule has 4 nitrogen and oxygen atoms in total. The molecule has 23 heavy (non-hydrogen) atoms. The van der Waals surface area contributed by atoms with Crippen molar-refractivity contribution in [2.45, 2.75) is 90.6 Å². The first-order valence-electron chi connectivity index (χ1n) is 9.61. The van der Waals surface area contributed by atoms with Gasteiger partial charge in [-0.05, 0) is 13.3 Å². The highest BCUT2D eigenvalue weighted by molar-refractivity contribution is 4.83. The van der Waals surface area contributed by atoms with Crippen LogP contribution in [0.4, 0.5) is 0 Å². The highest BCUT2D eigenvalue weighted by Gasteiger charge is 2.35. The molecule has 0 saturated heterocycles. The molecule has 0 saturated carbocycles. The zero-order valence-corrected chi connectivity index (χ0v) is 15.4. The summed E-state index contributed by atoms with van der Waals surface area (Å²) in [7, 11) is 0. The predicted molar refractivity (Wildman–Crippen MR) is 95.6 cm³/mol. The molecule has 3 N–H and O–H groups in total. The molecule has 140 valence electrons. The van der Waals surface area contributed by atoms with Gasteiger partial charge in [0.2, 0.25) is 0 Å². The number of ether oxygens (including phenoxy) is 1. The summed E-state index contributed by atoms with van der Waals surface area (Å²) >= 11 is 0. The van der Waals surface area contributed by atoms with E-state index in [-0.39, 0.29) is 25.9 Å². The van der Waals surface area contributed by atoms with Crippen LogP contribution in [0.25, 0.3) is 0 Å². The number of unbranched alkanes of at least 4 members (excludes halogenated alkanes) is 10. The van der Waals surface area contributed by atoms with Crippen molar-refractivity contribution in [3.05, 3.63) is 0 Å². The Bertz CT molecular complexity index is 233. The fraction of sp³-hybridized carbons (Fsp3) is 1.00. The molecule has 0 bridgehead atoms. The maximum absolute atomic E-state index is 9.34. The fourth-order valence-electron chi connectivity index (χ4n) is 2.74. The minimum Gasteiger partial charge on any atom is -0.396 e. The van der Waals surface area contributed by atoms with Crippen molar-refractivity contribution in [3.8, 4) is 0 Å². The summed E-state index contributed by atoms with van der Waals surface area (Å²) in [5.41, 5.74) is -0.933. The molecule has 0 fully saturated rings. The van der Waals surface area contributed by atoms with Crippen LogP contribution in [-0.4, -0.2) is 47.9 Å². The molecular weight excluding hydrogens is 292 g/mol. The van der Waals surface area contributed by atoms with Crippen LogP contribution >= 0.6 is 0 Å². The molecule has 0 aromatic heterocycles. The Hall–Kier alpha value is -0.160. The lowest BCUT2D eigenvalue weighted by molar-refractivity contribution is -0.106. The zero-order chi connectivity index (χ0) is 17.4. The Labute approximate surface area is 143 Å². The van der Waals surface area contributed by atoms with Crippen LogP contribution in [0.2, 0.25) is 0 Å². The molecular formula is C19H40O4. The van der Waals surface area contributed by atoms with E-state index in [2.05, 4.69) is 6.92 Å². The van der Waals surface area contributed by atoms with Gasteiger partial charge in [-0.2, -0.15) is 0 Å². The van der Waals surface area contributed by atoms with Gasteiger partial charge in [-0.1, -0.05) is 71.1 Å². The van der Waals surface area contributed by atoms with Crippen molar-refractivity contribution in [3.63, 3.8) is 0 Å². The van der Waals surface area contributed by atoms with Crippen LogP contribution in [-0.2, 0) is 4.74 Å². The minimum atomic E-state index is -0.933. The van der Waals surface area contributed by atoms with Gasteiger partial charge in [-0.15, -0.1) is 0 Å². The van der Waals surface area contributed by atoms with Crippen LogP contribution in [0, 0.1) is 5.41 Å². The van der Waals surface area contributed by atoms with Crippen molar-refractivity contribution in [2.75, 3.05) is 26.4 Å². The monoisotopic (exact) mass is 332 g/mol. The van der Waals surface area contributed by atoms with Gasteiger partial charge < -0.3 is 20.1 Å². The Morgan fingerprint density at radius 1 is 0.696 bits per heavy atom. The highest BCUT2D eigenvalue weighted by Crippen LogP contribution is 2.23. The Morgan fingerprint density at radius 3 is 1.48 bits per heavy atom. The highest BCUT2D eigenvalue weighted by atomic mass is 16.5. The summed E-state index contributed by atoms with van der Waals surface area (Å²) in [6.07, 6.45) is 13.9. The number of rotatable bonds is 17. The number of hydrogen-bond donors (Lipinski definition) is 3. The maximum atomic E-state index is 9.34. The quantitative estimate of drug-likeness (QED) is 0.355. The van der Waals surface area contributed by atoms with E-state index in [1.54, 1.807) is 6.92 Å². The van der Waals surface area contributed by atoms with E-state index >= 15 is 0 Å². The standard InChI is InChI=1S/C19H40O4/c1-3-4-5-6-7-8-9-10-11-12-13-14-23-18(2)19(15-20,16-21)17-22/h18,20-22H,3-17H2,1-2H3. The first-order chi connectivity index (χ1) is 11.2. The van der Waals surface area contributed by atoms with Crippen molar-refractivity contribution in [1.82, 2.24) is 0 Å². The molecule has 0 rings (SSSR count). The van der Waals surface area contributed by atoms with Crippen LogP contribution in [0.15, 0.2) is 0 Å². The average molecular weight is 333 g/mol. The molecule has 0 aliphatic rings. The Morgan fingerprint density at radius 2 is 1.09 bits per heavy atom. The van der Waals surface area contributed by atoms with Crippen molar-refractivity contribution in [1.29, 1.82) is 0 Å². The van der Waals surface area contributed by atoms with Gasteiger partial charge in [-0.3, -0.25) is 0 Å². The predicted octanol–water partition coefficient (Wildman–Crippen LogP) is 3.67. The molecule has 1 unspecified atom stereocenters. The van der Waals surface area contributed by atoms with Gasteiger partial charge in [-0.25, -0.2) is 0 Å². The van der Waals surface area contributed by atoms with Crippen LogP contribution < -0.4 is 0 Å². The summed E-state index contributed by atoms with van der Waals surface area (Å²) in [4.78, 5) is 0. The van der Waals surface area contributed by atoms with Gasteiger partial charge in [0.15, 0.2) is 0 Å². The van der Waals surface area contributed by atoms with E-state index < -0.39 is 5.41 Å². The number of aliphatic hydroxyl groups is 3. The summed E-state index contributed by atoms with van der Waals surface area (Å²) in [5.74, 6) is 0. The SMILES string of the molecule is CCCCCCCCCCCCCOC(C)C(CO)(CO)CO. The lowest BCUT2D eigenvalue weighted by Crippen LogP contribution is -2.45. The molecule has 1 atom stereocenters. The topological polar surface area (TPSA) is 69.9 Å². The van der Waals surface area contributed by atoms with Crippen molar-refractivity contribution >= 4 is 0 Å². The molecule has 0 aromatic carbocycles. The second kappa shape index (κ2) is 15.4. The van der Waals surface area contributed by atoms with Gasteiger partial charge >= 0.3 is 0 Å². The fourth-order valence-corrected chi connectivity index (χ4v) is 2.74. The largest absolute Gasteiger partial charge is 0.396 e. The van der Waals surface area contributed by atoms with E-state index in [9.17, 15) is 15.3 Å². The maximum Gasteiger partial charge on any atom is 0.0669 e. The zero-order valence-electron chi connectivity index (χ0n) is 15.4. The molecule has 0 aromatic rings. The molecule has 0 aliphatic carbocycles. The van der Waals surface area contributed by atoms with Crippen LogP contribution in [0.5, 0.6) is 0 Å². The third-order valence-electron chi connectivity index (χ3n) is 4.92. The lowest BCUT2D eigenvalue weighted by atomic mass is 9.85. The van der Waals surface area contributed by atoms with E-state index in [4.69, 9.17) is 4.74 Å². The molecule has 0 aliphatic heterocycles. The smallest absolute Gasteiger partial charge is 0.0669 e. The van der Waals surface area contributed by atoms with E-state index in [0.717, 1.165) is 12.8 Å². The summed E-state index contributed by atoms with van der Waals surface area (Å²) in [6, 6.07) is 0. The first-order valence-corrected chi connectivity index (χ1v) is 9.61. The second-order valence-electron chi connectivity index (χ2n) is 6.89. The molecule has 4 heteroatoms. The molecule has 0 heterocycles. The molecule has 0 spiro atoms. The Kier molecular flexibility index (Phi) is 15.3. The second-order valence-corrected chi connectivity index (χ2v) is 6.89. The first kappa shape index (κ1) is 22.8. The van der Waals surface area contributed by atoms with Crippen LogP contribution in [0.1, 0.15) is 84.5 Å². The molecule has 0 radical (unpaired) electrons. The normalized spacial score (nSPS) is 13.4. The summed E-state index contributed by atoms with van der Waals surface area (Å²) in [5, 5.41) is 28.0. The van der Waals surface area contributed by atoms with Gasteiger partial charge in [0, 0.05) is 6.61 Å². The Balaban J connectivity index is 3.45. The lowest BCUT2D eigenvalue weighted by Gasteiger charge is -2.33. The van der Waals surface area contributed by atoms with Crippen LogP contribution in [0.3, 0.4) is 0 Å². The van der Waals surface area contributed by atoms with Gasteiger partial charge in [0.1, 0.15) is 0 Å². The summed E-state index contributed by atoms with van der Waals surface area (Å²) in [6.45, 7) is 3.89. The average Bonchev–Trinajstić information content (AvgIpc) is 2.58. The molecule has 0 amide bonds. The number of hydrogen-bond acceptors (Lipinski definition) is 4. The van der Waals surface area contributed by atoms with Crippen molar-refractivity contribution in [2.24, 2.45) is 5.41 Å². The van der Waals surface area contributed by atoms with Gasteiger partial charge in [0.05, 0.1) is 31.3 Å². The minimum absolute atomic E-state index is 0.264. The van der Waals surface area contributed by atoms with E-state index in [0.29, 0.717) is 6.61 Å². The number of aliphatic hydroxyl groups excluding tert-OH is 3. The van der Waals surface area contributed by atoms with E-state index in [1.807, 2.05) is 0 Å². The third kappa shape index (κ3) is 10.3. The van der Waals surface area contributed by atoms with Gasteiger partial charge in [0.25, 0.3) is 0 Å². The summed E-state index contributed by atoms with van der Waals surface area (Å²) < 4.78 is 5.68. The van der Waals surface area contributed by atoms with Crippen molar-refractivity contribution < 1.29 is 20.1 Å².